The first-order chi connectivity index (χ1) is 16.0. The zero-order chi connectivity index (χ0) is 23.2. The van der Waals surface area contributed by atoms with Crippen LogP contribution in [0.4, 0.5) is 11.4 Å². The van der Waals surface area contributed by atoms with Gasteiger partial charge in [0, 0.05) is 55.7 Å². The fourth-order valence-electron chi connectivity index (χ4n) is 4.24. The summed E-state index contributed by atoms with van der Waals surface area (Å²) in [5, 5.41) is 6.27. The van der Waals surface area contributed by atoms with Crippen molar-refractivity contribution in [3.63, 3.8) is 0 Å². The molecule has 2 aromatic rings. The fraction of sp³-hybridized carbons (Fsp3) is 0.375. The molecule has 2 heterocycles. The van der Waals surface area contributed by atoms with Crippen molar-refractivity contribution >= 4 is 40.7 Å². The number of nitrogens with zero attached hydrogens (tertiary/aromatic N) is 3. The summed E-state index contributed by atoms with van der Waals surface area (Å²) in [5.74, 6) is -0.710. The second-order valence-electron chi connectivity index (χ2n) is 8.26. The van der Waals surface area contributed by atoms with E-state index in [1.165, 1.54) is 0 Å². The Morgan fingerprint density at radius 3 is 2.48 bits per heavy atom. The van der Waals surface area contributed by atoms with Crippen LogP contribution < -0.4 is 15.5 Å². The molecule has 9 heteroatoms. The van der Waals surface area contributed by atoms with Crippen LogP contribution in [-0.4, -0.2) is 79.4 Å². The second kappa shape index (κ2) is 10.7. The molecule has 174 valence electrons. The van der Waals surface area contributed by atoms with E-state index >= 15 is 0 Å². The highest BCUT2D eigenvalue weighted by Gasteiger charge is 2.35. The average Bonchev–Trinajstić information content (AvgIpc) is 2.81. The smallest absolute Gasteiger partial charge is 0.243 e. The molecule has 0 spiro atoms. The van der Waals surface area contributed by atoms with Crippen molar-refractivity contribution in [2.45, 2.75) is 12.5 Å². The minimum Gasteiger partial charge on any atom is -0.369 e. The van der Waals surface area contributed by atoms with Crippen molar-refractivity contribution in [1.29, 1.82) is 0 Å². The SMILES string of the molecule is O=C(CC1C(=O)NCCN1C(=O)CN1CCN(c2cccc(Cl)c2)CC1)Nc1ccccc1. The van der Waals surface area contributed by atoms with Crippen molar-refractivity contribution in [3.05, 3.63) is 59.6 Å². The molecular formula is C24H28ClN5O3. The monoisotopic (exact) mass is 469 g/mol. The maximum atomic E-state index is 13.1. The van der Waals surface area contributed by atoms with Gasteiger partial charge in [-0.2, -0.15) is 0 Å². The van der Waals surface area contributed by atoms with Crippen molar-refractivity contribution in [1.82, 2.24) is 15.1 Å². The molecule has 8 nitrogen and oxygen atoms in total. The quantitative estimate of drug-likeness (QED) is 0.674. The van der Waals surface area contributed by atoms with Crippen molar-refractivity contribution in [2.75, 3.05) is 56.0 Å². The molecule has 2 fully saturated rings. The summed E-state index contributed by atoms with van der Waals surface area (Å²) in [6.07, 6.45) is -0.0744. The van der Waals surface area contributed by atoms with Gasteiger partial charge < -0.3 is 20.4 Å². The lowest BCUT2D eigenvalue weighted by Crippen LogP contribution is -2.60. The minimum atomic E-state index is -0.803. The fourth-order valence-corrected chi connectivity index (χ4v) is 4.43. The van der Waals surface area contributed by atoms with Gasteiger partial charge in [0.25, 0.3) is 0 Å². The molecule has 1 unspecified atom stereocenters. The normalized spacial score (nSPS) is 19.2. The van der Waals surface area contributed by atoms with Crippen molar-refractivity contribution in [3.8, 4) is 0 Å². The maximum Gasteiger partial charge on any atom is 0.243 e. The van der Waals surface area contributed by atoms with Crippen LogP contribution in [0.25, 0.3) is 0 Å². The first-order valence-corrected chi connectivity index (χ1v) is 11.5. The number of nitrogens with one attached hydrogen (secondary N) is 2. The number of rotatable bonds is 6. The molecule has 4 rings (SSSR count). The molecule has 0 radical (unpaired) electrons. The lowest BCUT2D eigenvalue weighted by molar-refractivity contribution is -0.145. The minimum absolute atomic E-state index is 0.0744. The molecule has 2 aromatic carbocycles. The van der Waals surface area contributed by atoms with Gasteiger partial charge >= 0.3 is 0 Å². The van der Waals surface area contributed by atoms with E-state index in [9.17, 15) is 14.4 Å². The number of halogens is 1. The van der Waals surface area contributed by atoms with Gasteiger partial charge in [-0.1, -0.05) is 35.9 Å². The molecule has 2 aliphatic rings. The van der Waals surface area contributed by atoms with Crippen LogP contribution in [0.5, 0.6) is 0 Å². The van der Waals surface area contributed by atoms with E-state index in [0.717, 1.165) is 31.9 Å². The Bertz CT molecular complexity index is 995. The van der Waals surface area contributed by atoms with E-state index in [1.54, 1.807) is 17.0 Å². The Hall–Kier alpha value is -3.10. The lowest BCUT2D eigenvalue weighted by Gasteiger charge is -2.39. The number of anilines is 2. The number of benzene rings is 2. The van der Waals surface area contributed by atoms with E-state index < -0.39 is 6.04 Å². The topological polar surface area (TPSA) is 85.0 Å². The van der Waals surface area contributed by atoms with Crippen LogP contribution in [0.3, 0.4) is 0 Å². The van der Waals surface area contributed by atoms with Gasteiger partial charge in [0.05, 0.1) is 13.0 Å². The van der Waals surface area contributed by atoms with E-state index in [4.69, 9.17) is 11.6 Å². The van der Waals surface area contributed by atoms with E-state index in [1.807, 2.05) is 42.5 Å². The Kier molecular flexibility index (Phi) is 7.47. The molecule has 2 saturated heterocycles. The number of amides is 3. The van der Waals surface area contributed by atoms with Crippen molar-refractivity contribution < 1.29 is 14.4 Å². The zero-order valence-corrected chi connectivity index (χ0v) is 19.1. The van der Waals surface area contributed by atoms with Crippen LogP contribution in [0, 0.1) is 0 Å². The van der Waals surface area contributed by atoms with Gasteiger partial charge in [0.1, 0.15) is 6.04 Å². The largest absolute Gasteiger partial charge is 0.369 e. The molecular weight excluding hydrogens is 442 g/mol. The van der Waals surface area contributed by atoms with E-state index in [2.05, 4.69) is 20.4 Å². The van der Waals surface area contributed by atoms with Gasteiger partial charge in [0.15, 0.2) is 0 Å². The predicted octanol–water partition coefficient (Wildman–Crippen LogP) is 1.82. The molecule has 0 aliphatic carbocycles. The summed E-state index contributed by atoms with van der Waals surface area (Å²) in [7, 11) is 0. The highest BCUT2D eigenvalue weighted by Crippen LogP contribution is 2.21. The number of hydrogen-bond donors (Lipinski definition) is 2. The van der Waals surface area contributed by atoms with E-state index in [-0.39, 0.29) is 30.7 Å². The maximum absolute atomic E-state index is 13.1. The summed E-state index contributed by atoms with van der Waals surface area (Å²) in [5.41, 5.74) is 1.74. The van der Waals surface area contributed by atoms with Crippen LogP contribution in [0.15, 0.2) is 54.6 Å². The summed E-state index contributed by atoms with van der Waals surface area (Å²) >= 11 is 6.11. The summed E-state index contributed by atoms with van der Waals surface area (Å²) < 4.78 is 0. The standard InChI is InChI=1S/C24H28ClN5O3/c25-18-5-4-8-20(15-18)29-13-11-28(12-14-29)17-23(32)30-10-9-26-24(33)21(30)16-22(31)27-19-6-2-1-3-7-19/h1-8,15,21H,9-14,16-17H2,(H,26,33)(H,27,31). The van der Waals surface area contributed by atoms with E-state index in [0.29, 0.717) is 23.8 Å². The number of hydrogen-bond acceptors (Lipinski definition) is 5. The first kappa shape index (κ1) is 23.1. The Balaban J connectivity index is 1.32. The summed E-state index contributed by atoms with van der Waals surface area (Å²) in [4.78, 5) is 44.0. The van der Waals surface area contributed by atoms with Gasteiger partial charge in [-0.05, 0) is 30.3 Å². The molecule has 3 amide bonds. The van der Waals surface area contributed by atoms with Crippen LogP contribution in [0.1, 0.15) is 6.42 Å². The van der Waals surface area contributed by atoms with Crippen LogP contribution in [-0.2, 0) is 14.4 Å². The average molecular weight is 470 g/mol. The van der Waals surface area contributed by atoms with Crippen LogP contribution >= 0.6 is 11.6 Å². The Labute approximate surface area is 198 Å². The lowest BCUT2D eigenvalue weighted by atomic mass is 10.1. The van der Waals surface area contributed by atoms with Gasteiger partial charge in [0.2, 0.25) is 17.7 Å². The highest BCUT2D eigenvalue weighted by atomic mass is 35.5. The number of carbonyl (C=O) groups excluding carboxylic acids is 3. The van der Waals surface area contributed by atoms with Gasteiger partial charge in [-0.3, -0.25) is 19.3 Å². The van der Waals surface area contributed by atoms with Gasteiger partial charge in [-0.25, -0.2) is 0 Å². The third kappa shape index (κ3) is 6.03. The molecule has 2 N–H and O–H groups in total. The summed E-state index contributed by atoms with van der Waals surface area (Å²) in [6.45, 7) is 4.07. The second-order valence-corrected chi connectivity index (χ2v) is 8.69. The highest BCUT2D eigenvalue weighted by molar-refractivity contribution is 6.30. The van der Waals surface area contributed by atoms with Crippen molar-refractivity contribution in [2.24, 2.45) is 0 Å². The van der Waals surface area contributed by atoms with Crippen LogP contribution in [0.2, 0.25) is 5.02 Å². The zero-order valence-electron chi connectivity index (χ0n) is 18.4. The number of piperazine rings is 2. The number of carbonyl (C=O) groups is 3. The summed E-state index contributed by atoms with van der Waals surface area (Å²) in [6, 6.07) is 16.0. The third-order valence-corrected chi connectivity index (χ3v) is 6.23. The molecule has 1 atom stereocenters. The number of para-hydroxylation sites is 1. The Morgan fingerprint density at radius 1 is 1.00 bits per heavy atom. The predicted molar refractivity (Wildman–Crippen MR) is 128 cm³/mol. The molecule has 2 aliphatic heterocycles. The molecule has 0 aromatic heterocycles. The molecule has 0 saturated carbocycles. The Morgan fingerprint density at radius 2 is 1.76 bits per heavy atom. The first-order valence-electron chi connectivity index (χ1n) is 11.1. The van der Waals surface area contributed by atoms with Gasteiger partial charge in [-0.15, -0.1) is 0 Å². The molecule has 33 heavy (non-hydrogen) atoms. The third-order valence-electron chi connectivity index (χ3n) is 5.99. The molecule has 0 bridgehead atoms.